The number of halogens is 2. The molecule has 0 bridgehead atoms. The molecule has 0 fully saturated rings. The van der Waals surface area contributed by atoms with Crippen LogP contribution < -0.4 is 0 Å². The van der Waals surface area contributed by atoms with Gasteiger partial charge in [-0.15, -0.1) is 0 Å². The van der Waals surface area contributed by atoms with Gasteiger partial charge in [-0.2, -0.15) is 0 Å². The van der Waals surface area contributed by atoms with E-state index >= 15 is 0 Å². The van der Waals surface area contributed by atoms with Gasteiger partial charge in [0.1, 0.15) is 5.82 Å². The zero-order chi connectivity index (χ0) is 16.5. The zero-order valence-electron chi connectivity index (χ0n) is 13.6. The lowest BCUT2D eigenvalue weighted by Crippen LogP contribution is -2.41. The molecule has 0 saturated heterocycles. The number of benzene rings is 1. The van der Waals surface area contributed by atoms with Crippen LogP contribution in [0.1, 0.15) is 45.1 Å². The second-order valence-electron chi connectivity index (χ2n) is 5.38. The van der Waals surface area contributed by atoms with Crippen LogP contribution in [-0.4, -0.2) is 30.7 Å². The maximum Gasteiger partial charge on any atom is 0.409 e. The first kappa shape index (κ1) is 18.9. The molecular formula is C17H25BrFNO2. The van der Waals surface area contributed by atoms with Crippen molar-refractivity contribution in [3.63, 3.8) is 0 Å². The van der Waals surface area contributed by atoms with E-state index in [0.29, 0.717) is 13.0 Å². The second kappa shape index (κ2) is 9.82. The Kier molecular flexibility index (Phi) is 8.46. The van der Waals surface area contributed by atoms with Gasteiger partial charge in [-0.1, -0.05) is 48.7 Å². The molecule has 3 nitrogen and oxygen atoms in total. The molecular weight excluding hydrogens is 349 g/mol. The lowest BCUT2D eigenvalue weighted by atomic mass is 10.0. The van der Waals surface area contributed by atoms with Gasteiger partial charge in [-0.3, -0.25) is 0 Å². The van der Waals surface area contributed by atoms with Crippen molar-refractivity contribution in [1.82, 2.24) is 4.90 Å². The molecule has 22 heavy (non-hydrogen) atoms. The number of nitrogens with zero attached hydrogens (tertiary/aromatic N) is 1. The monoisotopic (exact) mass is 373 g/mol. The Bertz CT molecular complexity index is 476. The SMILES string of the molecule is CCCC(CCC)N(CCc1ccc(F)cc1Br)C(=O)OC. The van der Waals surface area contributed by atoms with Crippen LogP contribution in [0, 0.1) is 5.82 Å². The highest BCUT2D eigenvalue weighted by Gasteiger charge is 2.23. The molecule has 0 unspecified atom stereocenters. The summed E-state index contributed by atoms with van der Waals surface area (Å²) in [5.41, 5.74) is 0.988. The van der Waals surface area contributed by atoms with Gasteiger partial charge in [0, 0.05) is 17.1 Å². The molecule has 1 rings (SSSR count). The van der Waals surface area contributed by atoms with Gasteiger partial charge in [-0.25, -0.2) is 9.18 Å². The third-order valence-corrected chi connectivity index (χ3v) is 4.47. The minimum absolute atomic E-state index is 0.196. The topological polar surface area (TPSA) is 29.5 Å². The maximum absolute atomic E-state index is 13.1. The fourth-order valence-electron chi connectivity index (χ4n) is 2.63. The lowest BCUT2D eigenvalue weighted by molar-refractivity contribution is 0.0997. The van der Waals surface area contributed by atoms with Crippen molar-refractivity contribution < 1.29 is 13.9 Å². The van der Waals surface area contributed by atoms with Crippen molar-refractivity contribution in [2.24, 2.45) is 0 Å². The van der Waals surface area contributed by atoms with Crippen LogP contribution in [0.25, 0.3) is 0 Å². The minimum Gasteiger partial charge on any atom is -0.453 e. The van der Waals surface area contributed by atoms with E-state index in [0.717, 1.165) is 35.7 Å². The fourth-order valence-corrected chi connectivity index (χ4v) is 3.18. The molecule has 5 heteroatoms. The van der Waals surface area contributed by atoms with Crippen molar-refractivity contribution in [1.29, 1.82) is 0 Å². The molecule has 0 heterocycles. The summed E-state index contributed by atoms with van der Waals surface area (Å²) in [5.74, 6) is -0.268. The van der Waals surface area contributed by atoms with Crippen LogP contribution in [0.4, 0.5) is 9.18 Å². The van der Waals surface area contributed by atoms with E-state index in [-0.39, 0.29) is 18.0 Å². The van der Waals surface area contributed by atoms with Crippen molar-refractivity contribution in [3.8, 4) is 0 Å². The Morgan fingerprint density at radius 1 is 1.32 bits per heavy atom. The van der Waals surface area contributed by atoms with Crippen molar-refractivity contribution in [2.75, 3.05) is 13.7 Å². The predicted molar refractivity (Wildman–Crippen MR) is 90.5 cm³/mol. The van der Waals surface area contributed by atoms with E-state index in [1.165, 1.54) is 19.2 Å². The number of rotatable bonds is 8. The summed E-state index contributed by atoms with van der Waals surface area (Å²) in [7, 11) is 1.41. The van der Waals surface area contributed by atoms with E-state index in [4.69, 9.17) is 4.74 Å². The fraction of sp³-hybridized carbons (Fsp3) is 0.588. The third-order valence-electron chi connectivity index (χ3n) is 3.73. The van der Waals surface area contributed by atoms with Gasteiger partial charge in [-0.05, 0) is 37.0 Å². The molecule has 124 valence electrons. The number of methoxy groups -OCH3 is 1. The first-order chi connectivity index (χ1) is 10.5. The molecule has 0 spiro atoms. The Labute approximate surface area is 141 Å². The van der Waals surface area contributed by atoms with Gasteiger partial charge in [0.05, 0.1) is 7.11 Å². The van der Waals surface area contributed by atoms with Crippen LogP contribution in [0.5, 0.6) is 0 Å². The molecule has 0 radical (unpaired) electrons. The summed E-state index contributed by atoms with van der Waals surface area (Å²) in [6.45, 7) is 4.81. The molecule has 0 aliphatic carbocycles. The van der Waals surface area contributed by atoms with Gasteiger partial charge in [0.15, 0.2) is 0 Å². The van der Waals surface area contributed by atoms with Gasteiger partial charge in [0.2, 0.25) is 0 Å². The summed E-state index contributed by atoms with van der Waals surface area (Å²) in [5, 5.41) is 0. The quantitative estimate of drug-likeness (QED) is 0.628. The van der Waals surface area contributed by atoms with E-state index in [9.17, 15) is 9.18 Å². The first-order valence-corrected chi connectivity index (χ1v) is 8.61. The second-order valence-corrected chi connectivity index (χ2v) is 6.23. The summed E-state index contributed by atoms with van der Waals surface area (Å²) in [6, 6.07) is 4.84. The third kappa shape index (κ3) is 5.59. The highest BCUT2D eigenvalue weighted by molar-refractivity contribution is 9.10. The van der Waals surface area contributed by atoms with E-state index in [2.05, 4.69) is 29.8 Å². The molecule has 1 aromatic carbocycles. The summed E-state index contributed by atoms with van der Waals surface area (Å²) >= 11 is 3.38. The predicted octanol–water partition coefficient (Wildman–Crippen LogP) is 5.17. The average molecular weight is 374 g/mol. The highest BCUT2D eigenvalue weighted by atomic mass is 79.9. The van der Waals surface area contributed by atoms with E-state index < -0.39 is 0 Å². The number of ether oxygens (including phenoxy) is 1. The number of carbonyl (C=O) groups is 1. The molecule has 0 aliphatic rings. The largest absolute Gasteiger partial charge is 0.453 e. The van der Waals surface area contributed by atoms with Gasteiger partial charge < -0.3 is 9.64 Å². The Morgan fingerprint density at radius 2 is 1.95 bits per heavy atom. The van der Waals surface area contributed by atoms with E-state index in [1.54, 1.807) is 6.07 Å². The lowest BCUT2D eigenvalue weighted by Gasteiger charge is -2.30. The summed E-state index contributed by atoms with van der Waals surface area (Å²) in [4.78, 5) is 13.9. The molecule has 0 saturated carbocycles. The molecule has 0 N–H and O–H groups in total. The summed E-state index contributed by atoms with van der Waals surface area (Å²) < 4.78 is 18.8. The first-order valence-electron chi connectivity index (χ1n) is 7.81. The maximum atomic E-state index is 13.1. The Balaban J connectivity index is 2.81. The standard InChI is InChI=1S/C17H25BrFNO2/c1-4-6-15(7-5-2)20(17(21)22-3)11-10-13-8-9-14(19)12-16(13)18/h8-9,12,15H,4-7,10-11H2,1-3H3. The summed E-state index contributed by atoms with van der Waals surface area (Å²) in [6.07, 6.45) is 4.36. The molecule has 1 aromatic rings. The molecule has 0 aromatic heterocycles. The smallest absolute Gasteiger partial charge is 0.409 e. The molecule has 1 amide bonds. The Hall–Kier alpha value is -1.10. The Morgan fingerprint density at radius 3 is 2.45 bits per heavy atom. The highest BCUT2D eigenvalue weighted by Crippen LogP contribution is 2.21. The number of hydrogen-bond acceptors (Lipinski definition) is 2. The number of hydrogen-bond donors (Lipinski definition) is 0. The van der Waals surface area contributed by atoms with Crippen molar-refractivity contribution in [3.05, 3.63) is 34.1 Å². The average Bonchev–Trinajstić information content (AvgIpc) is 2.49. The number of amides is 1. The normalized spacial score (nSPS) is 10.8. The number of carbonyl (C=O) groups excluding carboxylic acids is 1. The van der Waals surface area contributed by atoms with Crippen LogP contribution >= 0.6 is 15.9 Å². The van der Waals surface area contributed by atoms with Gasteiger partial charge >= 0.3 is 6.09 Å². The molecule has 0 atom stereocenters. The van der Waals surface area contributed by atoms with Crippen LogP contribution in [-0.2, 0) is 11.2 Å². The van der Waals surface area contributed by atoms with Crippen LogP contribution in [0.15, 0.2) is 22.7 Å². The zero-order valence-corrected chi connectivity index (χ0v) is 15.2. The van der Waals surface area contributed by atoms with Crippen molar-refractivity contribution >= 4 is 22.0 Å². The molecule has 0 aliphatic heterocycles. The van der Waals surface area contributed by atoms with Crippen molar-refractivity contribution in [2.45, 2.75) is 52.0 Å². The van der Waals surface area contributed by atoms with Crippen LogP contribution in [0.3, 0.4) is 0 Å². The minimum atomic E-state index is -0.287. The van der Waals surface area contributed by atoms with Gasteiger partial charge in [0.25, 0.3) is 0 Å². The van der Waals surface area contributed by atoms with E-state index in [1.807, 2.05) is 4.90 Å². The van der Waals surface area contributed by atoms with Crippen LogP contribution in [0.2, 0.25) is 0 Å².